The maximum absolute atomic E-state index is 13.8. The predicted molar refractivity (Wildman–Crippen MR) is 121 cm³/mol. The fourth-order valence-electron chi connectivity index (χ4n) is 5.49. The van der Waals surface area contributed by atoms with Crippen LogP contribution in [-0.2, 0) is 19.1 Å². The number of carbonyl (C=O) groups is 3. The molecule has 1 aromatic rings. The fourth-order valence-corrected chi connectivity index (χ4v) is 5.49. The van der Waals surface area contributed by atoms with E-state index in [9.17, 15) is 19.6 Å². The van der Waals surface area contributed by atoms with Crippen LogP contribution in [0.1, 0.15) is 25.7 Å². The highest BCUT2D eigenvalue weighted by atomic mass is 16.6. The summed E-state index contributed by atoms with van der Waals surface area (Å²) in [6, 6.07) is 9.02. The third-order valence-corrected chi connectivity index (χ3v) is 7.64. The van der Waals surface area contributed by atoms with Crippen LogP contribution < -0.4 is 10.4 Å². The summed E-state index contributed by atoms with van der Waals surface area (Å²) in [5.74, 6) is -1.72. The van der Waals surface area contributed by atoms with E-state index in [4.69, 9.17) is 9.47 Å². The molecule has 3 saturated heterocycles. The van der Waals surface area contributed by atoms with E-state index in [-0.39, 0.29) is 17.4 Å². The summed E-state index contributed by atoms with van der Waals surface area (Å²) >= 11 is 0. The van der Waals surface area contributed by atoms with Crippen LogP contribution in [0, 0.1) is 11.3 Å². The molecular weight excluding hydrogens is 440 g/mol. The van der Waals surface area contributed by atoms with E-state index < -0.39 is 24.0 Å². The van der Waals surface area contributed by atoms with Crippen molar-refractivity contribution >= 4 is 23.6 Å². The molecular formula is C24H32N4O6. The Morgan fingerprint density at radius 2 is 1.82 bits per heavy atom. The summed E-state index contributed by atoms with van der Waals surface area (Å²) in [5, 5.41) is 9.42. The number of hydrogen-bond acceptors (Lipinski definition) is 7. The van der Waals surface area contributed by atoms with E-state index in [0.717, 1.165) is 18.5 Å². The molecule has 34 heavy (non-hydrogen) atoms. The Balaban J connectivity index is 1.34. The molecule has 1 aromatic carbocycles. The minimum Gasteiger partial charge on any atom is -0.444 e. The molecule has 1 spiro atoms. The predicted octanol–water partition coefficient (Wildman–Crippen LogP) is 1.24. The second kappa shape index (κ2) is 9.42. The Kier molecular flexibility index (Phi) is 6.35. The number of nitrogens with one attached hydrogen (secondary N) is 1. The number of para-hydroxylation sites is 1. The molecule has 3 atom stereocenters. The molecule has 1 saturated carbocycles. The number of piperidine rings is 1. The average molecular weight is 473 g/mol. The van der Waals surface area contributed by atoms with Gasteiger partial charge in [0.2, 0.25) is 11.8 Å². The van der Waals surface area contributed by atoms with Crippen LogP contribution in [0.5, 0.6) is 0 Å². The molecule has 2 N–H and O–H groups in total. The zero-order chi connectivity index (χ0) is 23.7. The zero-order valence-corrected chi connectivity index (χ0v) is 19.2. The molecule has 10 nitrogen and oxygen atoms in total. The van der Waals surface area contributed by atoms with Gasteiger partial charge < -0.3 is 19.3 Å². The Morgan fingerprint density at radius 1 is 1.09 bits per heavy atom. The lowest BCUT2D eigenvalue weighted by atomic mass is 9.80. The number of hydroxylamine groups is 1. The standard InChI is InChI=1S/C24H32N4O6/c29-21(25-32)19-14-24(7-8-24)16-28(23(31)34-18-6-13-33-15-18)20(19)22(30)27-11-9-26(10-12-27)17-4-2-1-3-5-17/h1-5,18-20,32H,6-16H2,(H,25,29)/t18-,19?,20?/m1/s1. The molecule has 0 radical (unpaired) electrons. The smallest absolute Gasteiger partial charge is 0.410 e. The van der Waals surface area contributed by atoms with Gasteiger partial charge in [-0.3, -0.25) is 19.7 Å². The van der Waals surface area contributed by atoms with Gasteiger partial charge in [0.15, 0.2) is 0 Å². The van der Waals surface area contributed by atoms with Crippen molar-refractivity contribution in [1.82, 2.24) is 15.3 Å². The molecule has 0 aromatic heterocycles. The summed E-state index contributed by atoms with van der Waals surface area (Å²) < 4.78 is 11.0. The zero-order valence-electron chi connectivity index (χ0n) is 19.2. The average Bonchev–Trinajstić information content (AvgIpc) is 3.41. The van der Waals surface area contributed by atoms with Crippen LogP contribution in [0.3, 0.4) is 0 Å². The van der Waals surface area contributed by atoms with Crippen molar-refractivity contribution in [3.05, 3.63) is 30.3 Å². The van der Waals surface area contributed by atoms with Crippen LogP contribution in [0.2, 0.25) is 0 Å². The number of anilines is 1. The SMILES string of the molecule is O=C(NO)C1CC2(CC2)CN(C(=O)O[C@@H]2CCOC2)C1C(=O)N1CCN(c2ccccc2)CC1. The summed E-state index contributed by atoms with van der Waals surface area (Å²) in [6.45, 7) is 3.55. The molecule has 1 aliphatic carbocycles. The summed E-state index contributed by atoms with van der Waals surface area (Å²) in [5.41, 5.74) is 2.64. The van der Waals surface area contributed by atoms with Gasteiger partial charge in [-0.25, -0.2) is 10.3 Å². The van der Waals surface area contributed by atoms with Gasteiger partial charge in [-0.2, -0.15) is 0 Å². The number of hydrogen-bond donors (Lipinski definition) is 2. The molecule has 3 aliphatic heterocycles. The first kappa shape index (κ1) is 22.9. The van der Waals surface area contributed by atoms with Crippen molar-refractivity contribution < 1.29 is 29.1 Å². The van der Waals surface area contributed by atoms with Crippen LogP contribution in [0.15, 0.2) is 30.3 Å². The van der Waals surface area contributed by atoms with Gasteiger partial charge in [0.1, 0.15) is 12.1 Å². The van der Waals surface area contributed by atoms with Crippen molar-refractivity contribution in [3.8, 4) is 0 Å². The fraction of sp³-hybridized carbons (Fsp3) is 0.625. The minimum atomic E-state index is -1.00. The third-order valence-electron chi connectivity index (χ3n) is 7.64. The Labute approximate surface area is 198 Å². The number of likely N-dealkylation sites (tertiary alicyclic amines) is 1. The van der Waals surface area contributed by atoms with Crippen molar-refractivity contribution in [1.29, 1.82) is 0 Å². The lowest BCUT2D eigenvalue weighted by Crippen LogP contribution is -2.63. The van der Waals surface area contributed by atoms with Crippen molar-refractivity contribution in [2.24, 2.45) is 11.3 Å². The number of carbonyl (C=O) groups excluding carboxylic acids is 3. The topological polar surface area (TPSA) is 112 Å². The van der Waals surface area contributed by atoms with Gasteiger partial charge in [0, 0.05) is 44.8 Å². The maximum atomic E-state index is 13.8. The highest BCUT2D eigenvalue weighted by Gasteiger charge is 2.58. The van der Waals surface area contributed by atoms with Gasteiger partial charge in [0.05, 0.1) is 19.1 Å². The number of amides is 3. The van der Waals surface area contributed by atoms with Gasteiger partial charge in [-0.15, -0.1) is 0 Å². The number of piperazine rings is 1. The monoisotopic (exact) mass is 472 g/mol. The van der Waals surface area contributed by atoms with Crippen molar-refractivity contribution in [2.75, 3.05) is 50.8 Å². The molecule has 3 amide bonds. The van der Waals surface area contributed by atoms with Crippen LogP contribution >= 0.6 is 0 Å². The summed E-state index contributed by atoms with van der Waals surface area (Å²) in [7, 11) is 0. The van der Waals surface area contributed by atoms with Gasteiger partial charge >= 0.3 is 6.09 Å². The number of nitrogens with zero attached hydrogens (tertiary/aromatic N) is 3. The molecule has 4 fully saturated rings. The first-order valence-electron chi connectivity index (χ1n) is 12.1. The van der Waals surface area contributed by atoms with Gasteiger partial charge in [-0.05, 0) is 36.8 Å². The number of benzene rings is 1. The van der Waals surface area contributed by atoms with Crippen molar-refractivity contribution in [2.45, 2.75) is 37.8 Å². The molecule has 2 unspecified atom stereocenters. The van der Waals surface area contributed by atoms with Crippen LogP contribution in [-0.4, -0.2) is 91.0 Å². The Hall–Kier alpha value is -2.85. The largest absolute Gasteiger partial charge is 0.444 e. The van der Waals surface area contributed by atoms with Gasteiger partial charge in [-0.1, -0.05) is 18.2 Å². The van der Waals surface area contributed by atoms with E-state index in [1.54, 1.807) is 10.4 Å². The van der Waals surface area contributed by atoms with E-state index >= 15 is 0 Å². The van der Waals surface area contributed by atoms with E-state index in [0.29, 0.717) is 58.8 Å². The lowest BCUT2D eigenvalue weighted by molar-refractivity contribution is -0.150. The number of rotatable bonds is 4. The summed E-state index contributed by atoms with van der Waals surface area (Å²) in [6.07, 6.45) is 1.92. The first-order chi connectivity index (χ1) is 16.5. The van der Waals surface area contributed by atoms with Gasteiger partial charge in [0.25, 0.3) is 0 Å². The molecule has 10 heteroatoms. The van der Waals surface area contributed by atoms with E-state index in [1.807, 2.05) is 30.3 Å². The van der Waals surface area contributed by atoms with Crippen LogP contribution in [0.4, 0.5) is 10.5 Å². The van der Waals surface area contributed by atoms with Crippen molar-refractivity contribution in [3.63, 3.8) is 0 Å². The van der Waals surface area contributed by atoms with Crippen LogP contribution in [0.25, 0.3) is 0 Å². The highest BCUT2D eigenvalue weighted by molar-refractivity contribution is 5.93. The second-order valence-electron chi connectivity index (χ2n) is 9.88. The molecule has 184 valence electrons. The molecule has 5 rings (SSSR count). The third kappa shape index (κ3) is 4.56. The van der Waals surface area contributed by atoms with E-state index in [2.05, 4.69) is 4.90 Å². The minimum absolute atomic E-state index is 0.189. The maximum Gasteiger partial charge on any atom is 0.410 e. The first-order valence-corrected chi connectivity index (χ1v) is 12.1. The second-order valence-corrected chi connectivity index (χ2v) is 9.88. The Morgan fingerprint density at radius 3 is 2.44 bits per heavy atom. The summed E-state index contributed by atoms with van der Waals surface area (Å²) in [4.78, 5) is 45.1. The normalized spacial score (nSPS) is 28.0. The quantitative estimate of drug-likeness (QED) is 0.501. The van der Waals surface area contributed by atoms with E-state index in [1.165, 1.54) is 4.90 Å². The number of ether oxygens (including phenoxy) is 2. The Bertz CT molecular complexity index is 909. The molecule has 0 bridgehead atoms. The molecule has 4 aliphatic rings. The molecule has 3 heterocycles. The highest BCUT2D eigenvalue weighted by Crippen LogP contribution is 2.55. The lowest BCUT2D eigenvalue weighted by Gasteiger charge is -2.45.